The number of piperidine rings is 1. The summed E-state index contributed by atoms with van der Waals surface area (Å²) in [7, 11) is 1.43. The Morgan fingerprint density at radius 1 is 1.29 bits per heavy atom. The van der Waals surface area contributed by atoms with Gasteiger partial charge in [-0.25, -0.2) is 0 Å². The van der Waals surface area contributed by atoms with E-state index < -0.39 is 0 Å². The first-order valence-corrected chi connectivity index (χ1v) is 9.06. The summed E-state index contributed by atoms with van der Waals surface area (Å²) < 4.78 is 6.68. The van der Waals surface area contributed by atoms with E-state index in [1.54, 1.807) is 0 Å². The van der Waals surface area contributed by atoms with Gasteiger partial charge in [-0.05, 0) is 58.2 Å². The molecule has 6 heteroatoms. The number of likely N-dealkylation sites (tertiary alicyclic amines) is 1. The SMILES string of the molecule is COC(=O)CCn1nc(C)c(CN2CCC3(CCNCC3)C2)c1C. The van der Waals surface area contributed by atoms with Crippen LogP contribution in [0.25, 0.3) is 0 Å². The quantitative estimate of drug-likeness (QED) is 0.830. The normalized spacial score (nSPS) is 20.6. The largest absolute Gasteiger partial charge is 0.469 e. The molecule has 6 nitrogen and oxygen atoms in total. The highest BCUT2D eigenvalue weighted by atomic mass is 16.5. The predicted molar refractivity (Wildman–Crippen MR) is 92.8 cm³/mol. The number of ether oxygens (including phenoxy) is 1. The third-order valence-corrected chi connectivity index (χ3v) is 5.85. The van der Waals surface area contributed by atoms with Crippen molar-refractivity contribution in [3.63, 3.8) is 0 Å². The van der Waals surface area contributed by atoms with E-state index in [9.17, 15) is 4.79 Å². The Bertz CT molecular complexity index is 590. The van der Waals surface area contributed by atoms with Crippen LogP contribution in [0.5, 0.6) is 0 Å². The van der Waals surface area contributed by atoms with E-state index in [0.29, 0.717) is 18.4 Å². The summed E-state index contributed by atoms with van der Waals surface area (Å²) in [5.74, 6) is -0.184. The molecule has 1 aromatic heterocycles. The third-order valence-electron chi connectivity index (χ3n) is 5.85. The standard InChI is InChI=1S/C18H30N4O2/c1-14-16(15(2)22(20-14)10-4-17(23)24-3)12-21-11-7-18(13-21)5-8-19-9-6-18/h19H,4-13H2,1-3H3. The van der Waals surface area contributed by atoms with Crippen LogP contribution in [-0.4, -0.2) is 53.9 Å². The average molecular weight is 334 g/mol. The summed E-state index contributed by atoms with van der Waals surface area (Å²) in [6, 6.07) is 0. The minimum atomic E-state index is -0.184. The van der Waals surface area contributed by atoms with Crippen molar-refractivity contribution in [1.82, 2.24) is 20.0 Å². The van der Waals surface area contributed by atoms with Crippen LogP contribution in [-0.2, 0) is 22.6 Å². The highest BCUT2D eigenvalue weighted by Gasteiger charge is 2.38. The van der Waals surface area contributed by atoms with Crippen molar-refractivity contribution >= 4 is 5.97 Å². The first kappa shape index (κ1) is 17.4. The molecule has 2 aliphatic heterocycles. The molecule has 0 saturated carbocycles. The minimum Gasteiger partial charge on any atom is -0.469 e. The van der Waals surface area contributed by atoms with Gasteiger partial charge >= 0.3 is 5.97 Å². The Morgan fingerprint density at radius 3 is 2.75 bits per heavy atom. The summed E-state index contributed by atoms with van der Waals surface area (Å²) >= 11 is 0. The summed E-state index contributed by atoms with van der Waals surface area (Å²) in [6.07, 6.45) is 4.31. The van der Waals surface area contributed by atoms with Crippen molar-refractivity contribution in [2.75, 3.05) is 33.3 Å². The van der Waals surface area contributed by atoms with Crippen LogP contribution >= 0.6 is 0 Å². The van der Waals surface area contributed by atoms with Crippen LogP contribution < -0.4 is 5.32 Å². The summed E-state index contributed by atoms with van der Waals surface area (Å²) in [6.45, 7) is 10.5. The molecule has 2 aliphatic rings. The summed E-state index contributed by atoms with van der Waals surface area (Å²) in [5, 5.41) is 8.12. The maximum atomic E-state index is 11.4. The highest BCUT2D eigenvalue weighted by molar-refractivity contribution is 5.68. The van der Waals surface area contributed by atoms with Gasteiger partial charge in [0.25, 0.3) is 0 Å². The molecule has 134 valence electrons. The number of aromatic nitrogens is 2. The Labute approximate surface area is 144 Å². The van der Waals surface area contributed by atoms with Gasteiger partial charge in [0, 0.05) is 24.3 Å². The van der Waals surface area contributed by atoms with E-state index in [0.717, 1.165) is 25.3 Å². The number of rotatable bonds is 5. The van der Waals surface area contributed by atoms with Crippen molar-refractivity contribution in [1.29, 1.82) is 0 Å². The molecule has 2 fully saturated rings. The van der Waals surface area contributed by atoms with E-state index in [-0.39, 0.29) is 5.97 Å². The number of methoxy groups -OCH3 is 1. The molecule has 0 amide bonds. The Morgan fingerprint density at radius 2 is 2.04 bits per heavy atom. The van der Waals surface area contributed by atoms with Crippen LogP contribution in [0.2, 0.25) is 0 Å². The monoisotopic (exact) mass is 334 g/mol. The second-order valence-electron chi connectivity index (χ2n) is 7.41. The second kappa shape index (κ2) is 7.23. The lowest BCUT2D eigenvalue weighted by Gasteiger charge is -2.34. The van der Waals surface area contributed by atoms with Crippen LogP contribution in [0.3, 0.4) is 0 Å². The molecule has 0 atom stereocenters. The fourth-order valence-corrected chi connectivity index (χ4v) is 4.23. The highest BCUT2D eigenvalue weighted by Crippen LogP contribution is 2.39. The predicted octanol–water partition coefficient (Wildman–Crippen LogP) is 1.64. The van der Waals surface area contributed by atoms with Crippen LogP contribution in [0.1, 0.15) is 42.6 Å². The van der Waals surface area contributed by atoms with E-state index >= 15 is 0 Å². The van der Waals surface area contributed by atoms with Gasteiger partial charge in [0.1, 0.15) is 0 Å². The van der Waals surface area contributed by atoms with Crippen LogP contribution in [0, 0.1) is 19.3 Å². The fraction of sp³-hybridized carbons (Fsp3) is 0.778. The number of nitrogens with one attached hydrogen (secondary N) is 1. The minimum absolute atomic E-state index is 0.184. The summed E-state index contributed by atoms with van der Waals surface area (Å²) in [5.41, 5.74) is 4.13. The molecular formula is C18H30N4O2. The van der Waals surface area contributed by atoms with E-state index in [4.69, 9.17) is 4.74 Å². The lowest BCUT2D eigenvalue weighted by molar-refractivity contribution is -0.140. The van der Waals surface area contributed by atoms with Gasteiger partial charge < -0.3 is 10.1 Å². The maximum absolute atomic E-state index is 11.4. The van der Waals surface area contributed by atoms with Crippen molar-refractivity contribution < 1.29 is 9.53 Å². The molecule has 3 heterocycles. The second-order valence-corrected chi connectivity index (χ2v) is 7.41. The summed E-state index contributed by atoms with van der Waals surface area (Å²) in [4.78, 5) is 14.0. The maximum Gasteiger partial charge on any atom is 0.307 e. The van der Waals surface area contributed by atoms with Crippen molar-refractivity contribution in [2.24, 2.45) is 5.41 Å². The van der Waals surface area contributed by atoms with Gasteiger partial charge in [-0.2, -0.15) is 5.10 Å². The van der Waals surface area contributed by atoms with Gasteiger partial charge in [0.15, 0.2) is 0 Å². The molecule has 1 aromatic rings. The van der Waals surface area contributed by atoms with Gasteiger partial charge in [0.05, 0.1) is 25.8 Å². The number of esters is 1. The van der Waals surface area contributed by atoms with Gasteiger partial charge in [-0.3, -0.25) is 14.4 Å². The van der Waals surface area contributed by atoms with Crippen molar-refractivity contribution in [3.8, 4) is 0 Å². The fourth-order valence-electron chi connectivity index (χ4n) is 4.23. The Balaban J connectivity index is 1.63. The molecule has 24 heavy (non-hydrogen) atoms. The van der Waals surface area contributed by atoms with Crippen molar-refractivity contribution in [2.45, 2.75) is 52.6 Å². The molecule has 1 spiro atoms. The first-order valence-electron chi connectivity index (χ1n) is 9.06. The molecule has 2 saturated heterocycles. The zero-order valence-corrected chi connectivity index (χ0v) is 15.2. The molecule has 1 N–H and O–H groups in total. The van der Waals surface area contributed by atoms with Crippen LogP contribution in [0.4, 0.5) is 0 Å². The third kappa shape index (κ3) is 3.64. The molecule has 0 bridgehead atoms. The van der Waals surface area contributed by atoms with Gasteiger partial charge in [0.2, 0.25) is 0 Å². The zero-order chi connectivity index (χ0) is 17.2. The lowest BCUT2D eigenvalue weighted by Crippen LogP contribution is -2.38. The number of carbonyl (C=O) groups excluding carboxylic acids is 1. The molecule has 0 unspecified atom stereocenters. The Kier molecular flexibility index (Phi) is 5.25. The number of aryl methyl sites for hydroxylation is 2. The van der Waals surface area contributed by atoms with E-state index in [2.05, 4.69) is 29.2 Å². The molecule has 0 aromatic carbocycles. The van der Waals surface area contributed by atoms with E-state index in [1.807, 2.05) is 4.68 Å². The molecule has 0 radical (unpaired) electrons. The van der Waals surface area contributed by atoms with Crippen LogP contribution in [0.15, 0.2) is 0 Å². The number of carbonyl (C=O) groups is 1. The Hall–Kier alpha value is -1.40. The topological polar surface area (TPSA) is 59.4 Å². The zero-order valence-electron chi connectivity index (χ0n) is 15.2. The van der Waals surface area contributed by atoms with Crippen molar-refractivity contribution in [3.05, 3.63) is 17.0 Å². The lowest BCUT2D eigenvalue weighted by atomic mass is 9.78. The first-order chi connectivity index (χ1) is 11.5. The van der Waals surface area contributed by atoms with Gasteiger partial charge in [-0.15, -0.1) is 0 Å². The molecule has 0 aliphatic carbocycles. The molecular weight excluding hydrogens is 304 g/mol. The number of nitrogens with zero attached hydrogens (tertiary/aromatic N) is 3. The van der Waals surface area contributed by atoms with E-state index in [1.165, 1.54) is 50.7 Å². The van der Waals surface area contributed by atoms with Gasteiger partial charge in [-0.1, -0.05) is 0 Å². The smallest absolute Gasteiger partial charge is 0.307 e. The number of hydrogen-bond donors (Lipinski definition) is 1. The average Bonchev–Trinajstić information content (AvgIpc) is 3.09. The molecule has 3 rings (SSSR count). The number of hydrogen-bond acceptors (Lipinski definition) is 5.